The normalized spacial score (nSPS) is 33.8. The minimum Gasteiger partial charge on any atom is -0.328 e. The Hall–Kier alpha value is -1.09. The van der Waals surface area contributed by atoms with E-state index < -0.39 is 0 Å². The average Bonchev–Trinajstić information content (AvgIpc) is 2.07. The first-order chi connectivity index (χ1) is 5.77. The fourth-order valence-corrected chi connectivity index (χ4v) is 1.69. The SMILES string of the molecule is NC1CC2CC=CC=C2NC1=O. The Morgan fingerprint density at radius 3 is 3.25 bits per heavy atom. The maximum atomic E-state index is 11.1. The first kappa shape index (κ1) is 7.55. The molecule has 3 N–H and O–H groups in total. The summed E-state index contributed by atoms with van der Waals surface area (Å²) in [5.74, 6) is 0.385. The Balaban J connectivity index is 2.19. The lowest BCUT2D eigenvalue weighted by Crippen LogP contribution is -2.48. The van der Waals surface area contributed by atoms with Gasteiger partial charge in [0.05, 0.1) is 6.04 Å². The molecule has 0 bridgehead atoms. The van der Waals surface area contributed by atoms with E-state index in [4.69, 9.17) is 5.73 Å². The molecule has 1 fully saturated rings. The van der Waals surface area contributed by atoms with Gasteiger partial charge >= 0.3 is 0 Å². The van der Waals surface area contributed by atoms with Gasteiger partial charge in [-0.15, -0.1) is 0 Å². The van der Waals surface area contributed by atoms with Gasteiger partial charge in [-0.1, -0.05) is 12.2 Å². The summed E-state index contributed by atoms with van der Waals surface area (Å²) in [5.41, 5.74) is 6.65. The third-order valence-electron chi connectivity index (χ3n) is 2.42. The number of hydrogen-bond donors (Lipinski definition) is 2. The van der Waals surface area contributed by atoms with E-state index in [1.165, 1.54) is 0 Å². The summed E-state index contributed by atoms with van der Waals surface area (Å²) in [7, 11) is 0. The lowest BCUT2D eigenvalue weighted by molar-refractivity contribution is -0.123. The highest BCUT2D eigenvalue weighted by atomic mass is 16.2. The van der Waals surface area contributed by atoms with Crippen LogP contribution in [0.2, 0.25) is 0 Å². The van der Waals surface area contributed by atoms with E-state index >= 15 is 0 Å². The number of allylic oxidation sites excluding steroid dienone is 4. The topological polar surface area (TPSA) is 55.1 Å². The standard InChI is InChI=1S/C9H12N2O/c10-7-5-6-3-1-2-4-8(6)11-9(7)12/h1-2,4,6-7H,3,5,10H2,(H,11,12). The van der Waals surface area contributed by atoms with Gasteiger partial charge in [0.2, 0.25) is 5.91 Å². The number of amides is 1. The number of nitrogens with two attached hydrogens (primary N) is 1. The van der Waals surface area contributed by atoms with E-state index in [0.717, 1.165) is 18.5 Å². The summed E-state index contributed by atoms with van der Waals surface area (Å²) in [5, 5.41) is 2.81. The Morgan fingerprint density at radius 2 is 2.42 bits per heavy atom. The second-order valence-corrected chi connectivity index (χ2v) is 3.31. The van der Waals surface area contributed by atoms with Crippen molar-refractivity contribution in [2.24, 2.45) is 11.7 Å². The molecule has 64 valence electrons. The van der Waals surface area contributed by atoms with Gasteiger partial charge in [0.25, 0.3) is 0 Å². The third kappa shape index (κ3) is 1.16. The van der Waals surface area contributed by atoms with Crippen LogP contribution in [0.1, 0.15) is 12.8 Å². The molecule has 0 aromatic heterocycles. The highest BCUT2D eigenvalue weighted by Gasteiger charge is 2.29. The van der Waals surface area contributed by atoms with Crippen molar-refractivity contribution in [3.63, 3.8) is 0 Å². The molecule has 1 aliphatic carbocycles. The monoisotopic (exact) mass is 164 g/mol. The second-order valence-electron chi connectivity index (χ2n) is 3.31. The van der Waals surface area contributed by atoms with E-state index in [9.17, 15) is 4.79 Å². The van der Waals surface area contributed by atoms with Crippen LogP contribution in [0, 0.1) is 5.92 Å². The highest BCUT2D eigenvalue weighted by Crippen LogP contribution is 2.26. The van der Waals surface area contributed by atoms with Crippen LogP contribution in [-0.4, -0.2) is 11.9 Å². The van der Waals surface area contributed by atoms with Crippen molar-refractivity contribution in [2.75, 3.05) is 0 Å². The van der Waals surface area contributed by atoms with Crippen molar-refractivity contribution >= 4 is 5.91 Å². The Morgan fingerprint density at radius 1 is 1.58 bits per heavy atom. The lowest BCUT2D eigenvalue weighted by atomic mass is 9.87. The molecule has 2 atom stereocenters. The van der Waals surface area contributed by atoms with Crippen molar-refractivity contribution in [1.82, 2.24) is 5.32 Å². The fourth-order valence-electron chi connectivity index (χ4n) is 1.69. The molecule has 2 unspecified atom stereocenters. The quantitative estimate of drug-likeness (QED) is 0.540. The van der Waals surface area contributed by atoms with Crippen LogP contribution in [0.3, 0.4) is 0 Å². The Labute approximate surface area is 71.3 Å². The summed E-state index contributed by atoms with van der Waals surface area (Å²) in [4.78, 5) is 11.1. The van der Waals surface area contributed by atoms with Crippen molar-refractivity contribution in [2.45, 2.75) is 18.9 Å². The fraction of sp³-hybridized carbons (Fsp3) is 0.444. The van der Waals surface area contributed by atoms with Crippen molar-refractivity contribution in [1.29, 1.82) is 0 Å². The molecule has 1 aliphatic heterocycles. The number of nitrogens with one attached hydrogen (secondary N) is 1. The van der Waals surface area contributed by atoms with Crippen molar-refractivity contribution in [3.05, 3.63) is 23.9 Å². The van der Waals surface area contributed by atoms with E-state index in [2.05, 4.69) is 11.4 Å². The Bertz CT molecular complexity index is 268. The predicted octanol–water partition coefficient (Wildman–Crippen LogP) is 0.294. The van der Waals surface area contributed by atoms with Crippen molar-refractivity contribution in [3.8, 4) is 0 Å². The molecule has 0 saturated carbocycles. The highest BCUT2D eigenvalue weighted by molar-refractivity contribution is 5.84. The minimum absolute atomic E-state index is 0.0483. The van der Waals surface area contributed by atoms with E-state index in [-0.39, 0.29) is 11.9 Å². The molecule has 1 saturated heterocycles. The van der Waals surface area contributed by atoms with Gasteiger partial charge in [0, 0.05) is 11.6 Å². The van der Waals surface area contributed by atoms with E-state index in [1.54, 1.807) is 0 Å². The van der Waals surface area contributed by atoms with E-state index in [0.29, 0.717) is 5.92 Å². The number of carbonyl (C=O) groups is 1. The Kier molecular flexibility index (Phi) is 1.73. The molecule has 2 aliphatic rings. The second kappa shape index (κ2) is 2.75. The molecule has 0 aromatic rings. The van der Waals surface area contributed by atoms with Gasteiger partial charge in [-0.3, -0.25) is 4.79 Å². The summed E-state index contributed by atoms with van der Waals surface area (Å²) < 4.78 is 0. The van der Waals surface area contributed by atoms with Crippen LogP contribution in [-0.2, 0) is 4.79 Å². The number of hydrogen-bond acceptors (Lipinski definition) is 2. The zero-order valence-electron chi connectivity index (χ0n) is 6.79. The number of piperidine rings is 1. The zero-order valence-corrected chi connectivity index (χ0v) is 6.79. The number of carbonyl (C=O) groups excluding carboxylic acids is 1. The van der Waals surface area contributed by atoms with Gasteiger partial charge in [0.1, 0.15) is 0 Å². The first-order valence-electron chi connectivity index (χ1n) is 4.20. The molecule has 3 heteroatoms. The van der Waals surface area contributed by atoms with Crippen LogP contribution >= 0.6 is 0 Å². The number of rotatable bonds is 0. The summed E-state index contributed by atoms with van der Waals surface area (Å²) in [6.45, 7) is 0. The molecule has 1 heterocycles. The zero-order chi connectivity index (χ0) is 8.55. The molecule has 0 aromatic carbocycles. The summed E-state index contributed by atoms with van der Waals surface area (Å²) in [6.07, 6.45) is 7.82. The molecular weight excluding hydrogens is 152 g/mol. The summed E-state index contributed by atoms with van der Waals surface area (Å²) in [6, 6.07) is -0.321. The molecular formula is C9H12N2O. The van der Waals surface area contributed by atoms with Gasteiger partial charge in [-0.25, -0.2) is 0 Å². The maximum absolute atomic E-state index is 11.1. The molecule has 0 spiro atoms. The minimum atomic E-state index is -0.321. The van der Waals surface area contributed by atoms with Gasteiger partial charge < -0.3 is 11.1 Å². The smallest absolute Gasteiger partial charge is 0.241 e. The van der Waals surface area contributed by atoms with Crippen LogP contribution in [0.4, 0.5) is 0 Å². The van der Waals surface area contributed by atoms with Gasteiger partial charge in [-0.05, 0) is 18.9 Å². The molecule has 2 rings (SSSR count). The number of fused-ring (bicyclic) bond motifs is 1. The van der Waals surface area contributed by atoms with Crippen LogP contribution in [0.5, 0.6) is 0 Å². The molecule has 0 radical (unpaired) electrons. The lowest BCUT2D eigenvalue weighted by Gasteiger charge is -2.30. The van der Waals surface area contributed by atoms with Gasteiger partial charge in [-0.2, -0.15) is 0 Å². The third-order valence-corrected chi connectivity index (χ3v) is 2.42. The van der Waals surface area contributed by atoms with Crippen LogP contribution in [0.25, 0.3) is 0 Å². The van der Waals surface area contributed by atoms with Gasteiger partial charge in [0.15, 0.2) is 0 Å². The maximum Gasteiger partial charge on any atom is 0.241 e. The van der Waals surface area contributed by atoms with Crippen molar-refractivity contribution < 1.29 is 4.79 Å². The largest absolute Gasteiger partial charge is 0.328 e. The van der Waals surface area contributed by atoms with Crippen LogP contribution in [0.15, 0.2) is 23.9 Å². The first-order valence-corrected chi connectivity index (χ1v) is 4.20. The molecule has 12 heavy (non-hydrogen) atoms. The average molecular weight is 164 g/mol. The molecule has 3 nitrogen and oxygen atoms in total. The van der Waals surface area contributed by atoms with Crippen LogP contribution < -0.4 is 11.1 Å². The van der Waals surface area contributed by atoms with E-state index in [1.807, 2.05) is 12.2 Å². The molecule has 1 amide bonds. The predicted molar refractivity (Wildman–Crippen MR) is 46.1 cm³/mol. The summed E-state index contributed by atoms with van der Waals surface area (Å²) >= 11 is 0.